The Kier molecular flexibility index (Phi) is 5.85. The fraction of sp³-hybridized carbons (Fsp3) is 0.273. The molecule has 1 heterocycles. The number of benzene rings is 2. The molecule has 0 aliphatic rings. The molecule has 0 fully saturated rings. The molecule has 1 aromatic heterocycles. The topological polar surface area (TPSA) is 68.5 Å². The SMILES string of the molecule is Cc1c(CC(=O)OC(C)(C)C)c2c(F)c(O)ccc2n1C(=O)c1ccc(Cl)c(Cl)c1. The van der Waals surface area contributed by atoms with E-state index in [0.29, 0.717) is 10.7 Å². The lowest BCUT2D eigenvalue weighted by Gasteiger charge is -2.19. The number of nitrogens with zero attached hydrogens (tertiary/aromatic N) is 1. The quantitative estimate of drug-likeness (QED) is 0.520. The first kappa shape index (κ1) is 22.1. The first-order valence-corrected chi connectivity index (χ1v) is 9.89. The number of fused-ring (bicyclic) bond motifs is 1. The van der Waals surface area contributed by atoms with Crippen LogP contribution in [0.4, 0.5) is 4.39 Å². The minimum atomic E-state index is -0.908. The summed E-state index contributed by atoms with van der Waals surface area (Å²) in [7, 11) is 0. The Hall–Kier alpha value is -2.57. The van der Waals surface area contributed by atoms with Crippen molar-refractivity contribution in [2.45, 2.75) is 39.7 Å². The first-order valence-electron chi connectivity index (χ1n) is 9.13. The molecule has 0 unspecified atom stereocenters. The molecule has 0 saturated carbocycles. The molecule has 0 aliphatic carbocycles. The zero-order valence-corrected chi connectivity index (χ0v) is 18.4. The summed E-state index contributed by atoms with van der Waals surface area (Å²) < 4.78 is 21.5. The normalized spacial score (nSPS) is 11.7. The van der Waals surface area contributed by atoms with Gasteiger partial charge in [-0.2, -0.15) is 0 Å². The van der Waals surface area contributed by atoms with Gasteiger partial charge in [0.2, 0.25) is 0 Å². The lowest BCUT2D eigenvalue weighted by molar-refractivity contribution is -0.153. The molecule has 0 saturated heterocycles. The molecule has 0 radical (unpaired) electrons. The van der Waals surface area contributed by atoms with Crippen LogP contribution in [0.1, 0.15) is 42.4 Å². The van der Waals surface area contributed by atoms with Crippen LogP contribution in [0, 0.1) is 12.7 Å². The minimum Gasteiger partial charge on any atom is -0.505 e. The third-order valence-corrected chi connectivity index (χ3v) is 5.26. The Balaban J connectivity index is 2.19. The van der Waals surface area contributed by atoms with Gasteiger partial charge in [0, 0.05) is 16.6 Å². The Morgan fingerprint density at radius 3 is 2.40 bits per heavy atom. The van der Waals surface area contributed by atoms with E-state index in [1.54, 1.807) is 27.7 Å². The molecule has 8 heteroatoms. The van der Waals surface area contributed by atoms with E-state index in [-0.39, 0.29) is 33.5 Å². The maximum absolute atomic E-state index is 14.9. The molecule has 158 valence electrons. The molecule has 3 aromatic rings. The predicted octanol–water partition coefficient (Wildman–Crippen LogP) is 5.67. The molecular formula is C22H20Cl2FNO4. The van der Waals surface area contributed by atoms with Gasteiger partial charge in [-0.3, -0.25) is 14.2 Å². The van der Waals surface area contributed by atoms with Gasteiger partial charge in [-0.15, -0.1) is 0 Å². The molecule has 1 N–H and O–H groups in total. The first-order chi connectivity index (χ1) is 13.9. The van der Waals surface area contributed by atoms with Crippen LogP contribution < -0.4 is 0 Å². The number of carbonyl (C=O) groups excluding carboxylic acids is 2. The minimum absolute atomic E-state index is 0.00762. The largest absolute Gasteiger partial charge is 0.505 e. The number of carbonyl (C=O) groups is 2. The number of aromatic nitrogens is 1. The van der Waals surface area contributed by atoms with Crippen molar-refractivity contribution in [3.05, 3.63) is 63.0 Å². The summed E-state index contributed by atoms with van der Waals surface area (Å²) in [4.78, 5) is 25.6. The Morgan fingerprint density at radius 2 is 1.80 bits per heavy atom. The van der Waals surface area contributed by atoms with Crippen molar-refractivity contribution >= 4 is 46.0 Å². The smallest absolute Gasteiger partial charge is 0.310 e. The van der Waals surface area contributed by atoms with Crippen molar-refractivity contribution in [3.8, 4) is 5.75 Å². The monoisotopic (exact) mass is 451 g/mol. The van der Waals surface area contributed by atoms with Crippen LogP contribution in [0.3, 0.4) is 0 Å². The number of ether oxygens (including phenoxy) is 1. The Morgan fingerprint density at radius 1 is 1.13 bits per heavy atom. The van der Waals surface area contributed by atoms with E-state index in [0.717, 1.165) is 6.07 Å². The van der Waals surface area contributed by atoms with Gasteiger partial charge in [-0.05, 0) is 63.6 Å². The number of aromatic hydroxyl groups is 1. The second-order valence-corrected chi connectivity index (χ2v) is 8.70. The molecule has 2 aromatic carbocycles. The van der Waals surface area contributed by atoms with E-state index in [4.69, 9.17) is 27.9 Å². The summed E-state index contributed by atoms with van der Waals surface area (Å²) in [6.45, 7) is 6.77. The van der Waals surface area contributed by atoms with Gasteiger partial charge < -0.3 is 9.84 Å². The van der Waals surface area contributed by atoms with Crippen LogP contribution in [0.5, 0.6) is 5.75 Å². The average molecular weight is 452 g/mol. The van der Waals surface area contributed by atoms with Crippen molar-refractivity contribution in [3.63, 3.8) is 0 Å². The highest BCUT2D eigenvalue weighted by molar-refractivity contribution is 6.42. The molecule has 0 bridgehead atoms. The third-order valence-electron chi connectivity index (χ3n) is 4.53. The summed E-state index contributed by atoms with van der Waals surface area (Å²) in [5.41, 5.74) is 0.358. The van der Waals surface area contributed by atoms with Crippen LogP contribution >= 0.6 is 23.2 Å². The number of hydrogen-bond donors (Lipinski definition) is 1. The highest BCUT2D eigenvalue weighted by atomic mass is 35.5. The summed E-state index contributed by atoms with van der Waals surface area (Å²) in [5.74, 6) is -2.53. The summed E-state index contributed by atoms with van der Waals surface area (Å²) >= 11 is 12.0. The zero-order valence-electron chi connectivity index (χ0n) is 16.8. The molecule has 5 nitrogen and oxygen atoms in total. The second kappa shape index (κ2) is 7.93. The third kappa shape index (κ3) is 4.16. The van der Waals surface area contributed by atoms with E-state index in [9.17, 15) is 19.1 Å². The Bertz CT molecular complexity index is 1180. The summed E-state index contributed by atoms with van der Waals surface area (Å²) in [6, 6.07) is 7.00. The predicted molar refractivity (Wildman–Crippen MR) is 114 cm³/mol. The average Bonchev–Trinajstić information content (AvgIpc) is 2.90. The lowest BCUT2D eigenvalue weighted by Crippen LogP contribution is -2.25. The molecular weight excluding hydrogens is 432 g/mol. The van der Waals surface area contributed by atoms with Gasteiger partial charge >= 0.3 is 5.97 Å². The molecule has 0 amide bonds. The van der Waals surface area contributed by atoms with Crippen molar-refractivity contribution in [2.24, 2.45) is 0 Å². The van der Waals surface area contributed by atoms with Crippen molar-refractivity contribution in [2.75, 3.05) is 0 Å². The molecule has 3 rings (SSSR count). The van der Waals surface area contributed by atoms with Crippen LogP contribution in [-0.4, -0.2) is 27.2 Å². The van der Waals surface area contributed by atoms with E-state index in [2.05, 4.69) is 0 Å². The van der Waals surface area contributed by atoms with Crippen molar-refractivity contribution in [1.29, 1.82) is 0 Å². The number of phenols is 1. The number of esters is 1. The number of hydrogen-bond acceptors (Lipinski definition) is 4. The fourth-order valence-electron chi connectivity index (χ4n) is 3.28. The molecule has 30 heavy (non-hydrogen) atoms. The molecule has 0 spiro atoms. The van der Waals surface area contributed by atoms with Crippen LogP contribution in [0.25, 0.3) is 10.9 Å². The van der Waals surface area contributed by atoms with Gasteiger partial charge in [0.15, 0.2) is 11.6 Å². The maximum Gasteiger partial charge on any atom is 0.310 e. The molecule has 0 atom stereocenters. The Labute approximate surface area is 183 Å². The standard InChI is InChI=1S/C22H20Cl2FNO4/c1-11-13(10-18(28)30-22(2,3)4)19-16(7-8-17(27)20(19)25)26(11)21(29)12-5-6-14(23)15(24)9-12/h5-9,27H,10H2,1-4H3. The van der Waals surface area contributed by atoms with Gasteiger partial charge in [-0.1, -0.05) is 23.2 Å². The maximum atomic E-state index is 14.9. The lowest BCUT2D eigenvalue weighted by atomic mass is 10.1. The van der Waals surface area contributed by atoms with Crippen LogP contribution in [-0.2, 0) is 16.0 Å². The number of phenolic OH excluding ortho intramolecular Hbond substituents is 1. The van der Waals surface area contributed by atoms with Gasteiger partial charge in [-0.25, -0.2) is 4.39 Å². The van der Waals surface area contributed by atoms with Gasteiger partial charge in [0.25, 0.3) is 5.91 Å². The van der Waals surface area contributed by atoms with Crippen LogP contribution in [0.2, 0.25) is 10.0 Å². The van der Waals surface area contributed by atoms with Gasteiger partial charge in [0.1, 0.15) is 5.60 Å². The van der Waals surface area contributed by atoms with Crippen LogP contribution in [0.15, 0.2) is 30.3 Å². The highest BCUT2D eigenvalue weighted by Gasteiger charge is 2.27. The van der Waals surface area contributed by atoms with Crippen molar-refractivity contribution < 1.29 is 23.8 Å². The van der Waals surface area contributed by atoms with E-state index >= 15 is 0 Å². The zero-order chi connectivity index (χ0) is 22.4. The fourth-order valence-corrected chi connectivity index (χ4v) is 3.58. The highest BCUT2D eigenvalue weighted by Crippen LogP contribution is 2.34. The second-order valence-electron chi connectivity index (χ2n) is 7.89. The van der Waals surface area contributed by atoms with E-state index in [1.165, 1.54) is 28.8 Å². The van der Waals surface area contributed by atoms with E-state index < -0.39 is 29.0 Å². The summed E-state index contributed by atoms with van der Waals surface area (Å²) in [6.07, 6.45) is -0.262. The number of halogens is 3. The van der Waals surface area contributed by atoms with E-state index in [1.807, 2.05) is 0 Å². The number of rotatable bonds is 3. The van der Waals surface area contributed by atoms with Crippen molar-refractivity contribution in [1.82, 2.24) is 4.57 Å². The summed E-state index contributed by atoms with van der Waals surface area (Å²) in [5, 5.41) is 10.4. The van der Waals surface area contributed by atoms with Gasteiger partial charge in [0.05, 0.1) is 22.0 Å². The molecule has 0 aliphatic heterocycles.